The number of hydrogen-bond acceptors (Lipinski definition) is 3. The minimum atomic E-state index is 0.655. The standard InChI is InChI=1S/C15H18ClN3/c1-3-8-17-14-9-11(2)18-15(19-14)10-12-6-4-5-7-13(12)16/h4-7,9H,3,8,10H2,1-2H3,(H,17,18,19). The maximum absolute atomic E-state index is 6.17. The van der Waals surface area contributed by atoms with E-state index in [1.54, 1.807) is 0 Å². The number of nitrogens with zero attached hydrogens (tertiary/aromatic N) is 2. The molecule has 1 heterocycles. The first-order valence-electron chi connectivity index (χ1n) is 6.51. The normalized spacial score (nSPS) is 10.5. The van der Waals surface area contributed by atoms with Gasteiger partial charge in [0.25, 0.3) is 0 Å². The summed E-state index contributed by atoms with van der Waals surface area (Å²) in [7, 11) is 0. The highest BCUT2D eigenvalue weighted by Crippen LogP contribution is 2.18. The Balaban J connectivity index is 2.20. The van der Waals surface area contributed by atoms with E-state index in [0.717, 1.165) is 40.9 Å². The molecule has 0 atom stereocenters. The highest BCUT2D eigenvalue weighted by atomic mass is 35.5. The molecule has 0 bridgehead atoms. The Morgan fingerprint density at radius 1 is 1.21 bits per heavy atom. The average molecular weight is 276 g/mol. The van der Waals surface area contributed by atoms with Crippen molar-refractivity contribution in [1.82, 2.24) is 9.97 Å². The minimum absolute atomic E-state index is 0.655. The number of nitrogens with one attached hydrogen (secondary N) is 1. The lowest BCUT2D eigenvalue weighted by atomic mass is 10.1. The quantitative estimate of drug-likeness (QED) is 0.901. The fraction of sp³-hybridized carbons (Fsp3) is 0.333. The second-order valence-corrected chi connectivity index (χ2v) is 4.91. The average Bonchev–Trinajstić information content (AvgIpc) is 2.38. The molecule has 0 saturated heterocycles. The van der Waals surface area contributed by atoms with Gasteiger partial charge < -0.3 is 5.32 Å². The summed E-state index contributed by atoms with van der Waals surface area (Å²) in [6.45, 7) is 5.03. The molecular formula is C15H18ClN3. The zero-order chi connectivity index (χ0) is 13.7. The smallest absolute Gasteiger partial charge is 0.135 e. The first kappa shape index (κ1) is 13.8. The van der Waals surface area contributed by atoms with Crippen LogP contribution in [0.15, 0.2) is 30.3 Å². The van der Waals surface area contributed by atoms with Crippen molar-refractivity contribution in [3.05, 3.63) is 52.4 Å². The number of aromatic nitrogens is 2. The van der Waals surface area contributed by atoms with Gasteiger partial charge in [0.1, 0.15) is 11.6 Å². The summed E-state index contributed by atoms with van der Waals surface area (Å²) < 4.78 is 0. The topological polar surface area (TPSA) is 37.8 Å². The maximum Gasteiger partial charge on any atom is 0.135 e. The molecule has 19 heavy (non-hydrogen) atoms. The van der Waals surface area contributed by atoms with Gasteiger partial charge in [-0.3, -0.25) is 0 Å². The van der Waals surface area contributed by atoms with Crippen molar-refractivity contribution in [3.63, 3.8) is 0 Å². The van der Waals surface area contributed by atoms with E-state index >= 15 is 0 Å². The Labute approximate surface area is 119 Å². The van der Waals surface area contributed by atoms with Crippen LogP contribution in [0.1, 0.15) is 30.4 Å². The second-order valence-electron chi connectivity index (χ2n) is 4.51. The van der Waals surface area contributed by atoms with Crippen LogP contribution in [-0.4, -0.2) is 16.5 Å². The lowest BCUT2D eigenvalue weighted by molar-refractivity contribution is 0.917. The molecule has 0 radical (unpaired) electrons. The Morgan fingerprint density at radius 3 is 2.74 bits per heavy atom. The fourth-order valence-corrected chi connectivity index (χ4v) is 2.07. The molecule has 0 fully saturated rings. The largest absolute Gasteiger partial charge is 0.370 e. The molecule has 2 aromatic rings. The molecular weight excluding hydrogens is 258 g/mol. The van der Waals surface area contributed by atoms with Crippen molar-refractivity contribution < 1.29 is 0 Å². The van der Waals surface area contributed by atoms with Crippen molar-refractivity contribution in [2.24, 2.45) is 0 Å². The molecule has 0 unspecified atom stereocenters. The van der Waals surface area contributed by atoms with Crippen molar-refractivity contribution >= 4 is 17.4 Å². The zero-order valence-corrected chi connectivity index (χ0v) is 12.0. The van der Waals surface area contributed by atoms with Crippen LogP contribution >= 0.6 is 11.6 Å². The summed E-state index contributed by atoms with van der Waals surface area (Å²) in [5.41, 5.74) is 2.02. The van der Waals surface area contributed by atoms with Crippen LogP contribution in [0, 0.1) is 6.92 Å². The lowest BCUT2D eigenvalue weighted by Gasteiger charge is -2.08. The molecule has 100 valence electrons. The summed E-state index contributed by atoms with van der Waals surface area (Å²) in [5.74, 6) is 1.68. The molecule has 1 aromatic heterocycles. The third-order valence-electron chi connectivity index (χ3n) is 2.76. The van der Waals surface area contributed by atoms with Crippen LogP contribution in [0.5, 0.6) is 0 Å². The molecule has 0 aliphatic rings. The van der Waals surface area contributed by atoms with Crippen molar-refractivity contribution in [2.75, 3.05) is 11.9 Å². The second kappa shape index (κ2) is 6.53. The molecule has 0 aliphatic carbocycles. The Kier molecular flexibility index (Phi) is 4.74. The SMILES string of the molecule is CCCNc1cc(C)nc(Cc2ccccc2Cl)n1. The van der Waals surface area contributed by atoms with E-state index in [0.29, 0.717) is 6.42 Å². The molecule has 0 amide bonds. The number of halogens is 1. The van der Waals surface area contributed by atoms with Crippen LogP contribution < -0.4 is 5.32 Å². The van der Waals surface area contributed by atoms with E-state index in [1.807, 2.05) is 37.3 Å². The maximum atomic E-state index is 6.17. The van der Waals surface area contributed by atoms with Gasteiger partial charge in [0.15, 0.2) is 0 Å². The molecule has 0 spiro atoms. The van der Waals surface area contributed by atoms with Gasteiger partial charge in [0, 0.05) is 29.7 Å². The Morgan fingerprint density at radius 2 is 2.00 bits per heavy atom. The first-order valence-corrected chi connectivity index (χ1v) is 6.88. The number of hydrogen-bond donors (Lipinski definition) is 1. The van der Waals surface area contributed by atoms with Gasteiger partial charge in [0.05, 0.1) is 0 Å². The van der Waals surface area contributed by atoms with Gasteiger partial charge in [-0.2, -0.15) is 0 Å². The zero-order valence-electron chi connectivity index (χ0n) is 11.3. The van der Waals surface area contributed by atoms with E-state index in [4.69, 9.17) is 11.6 Å². The van der Waals surface area contributed by atoms with Crippen LogP contribution in [0.25, 0.3) is 0 Å². The molecule has 0 saturated carbocycles. The van der Waals surface area contributed by atoms with E-state index < -0.39 is 0 Å². The molecule has 4 heteroatoms. The van der Waals surface area contributed by atoms with E-state index in [-0.39, 0.29) is 0 Å². The summed E-state index contributed by atoms with van der Waals surface area (Å²) in [4.78, 5) is 9.00. The van der Waals surface area contributed by atoms with Crippen molar-refractivity contribution in [1.29, 1.82) is 0 Å². The monoisotopic (exact) mass is 275 g/mol. The first-order chi connectivity index (χ1) is 9.19. The van der Waals surface area contributed by atoms with Gasteiger partial charge in [-0.05, 0) is 25.0 Å². The van der Waals surface area contributed by atoms with E-state index in [9.17, 15) is 0 Å². The number of benzene rings is 1. The molecule has 1 aromatic carbocycles. The molecule has 1 N–H and O–H groups in total. The predicted molar refractivity (Wildman–Crippen MR) is 79.8 cm³/mol. The van der Waals surface area contributed by atoms with Gasteiger partial charge >= 0.3 is 0 Å². The lowest BCUT2D eigenvalue weighted by Crippen LogP contribution is -2.06. The molecule has 0 aliphatic heterocycles. The van der Waals surface area contributed by atoms with Crippen molar-refractivity contribution in [3.8, 4) is 0 Å². The summed E-state index contributed by atoms with van der Waals surface area (Å²) in [5, 5.41) is 4.05. The number of anilines is 1. The third kappa shape index (κ3) is 3.93. The van der Waals surface area contributed by atoms with Crippen LogP contribution in [-0.2, 0) is 6.42 Å². The summed E-state index contributed by atoms with van der Waals surface area (Å²) >= 11 is 6.17. The minimum Gasteiger partial charge on any atom is -0.370 e. The van der Waals surface area contributed by atoms with Crippen molar-refractivity contribution in [2.45, 2.75) is 26.7 Å². The summed E-state index contributed by atoms with van der Waals surface area (Å²) in [6.07, 6.45) is 1.73. The third-order valence-corrected chi connectivity index (χ3v) is 3.13. The Hall–Kier alpha value is -1.61. The van der Waals surface area contributed by atoms with Gasteiger partial charge in [0.2, 0.25) is 0 Å². The van der Waals surface area contributed by atoms with Crippen LogP contribution in [0.3, 0.4) is 0 Å². The van der Waals surface area contributed by atoms with Crippen LogP contribution in [0.4, 0.5) is 5.82 Å². The molecule has 2 rings (SSSR count). The predicted octanol–water partition coefficient (Wildman–Crippen LogP) is 3.85. The van der Waals surface area contributed by atoms with Crippen LogP contribution in [0.2, 0.25) is 5.02 Å². The van der Waals surface area contributed by atoms with E-state index in [1.165, 1.54) is 0 Å². The number of rotatable bonds is 5. The van der Waals surface area contributed by atoms with E-state index in [2.05, 4.69) is 22.2 Å². The fourth-order valence-electron chi connectivity index (χ4n) is 1.86. The van der Waals surface area contributed by atoms with Gasteiger partial charge in [-0.25, -0.2) is 9.97 Å². The van der Waals surface area contributed by atoms with Gasteiger partial charge in [-0.15, -0.1) is 0 Å². The Bertz CT molecular complexity index is 555. The highest BCUT2D eigenvalue weighted by Gasteiger charge is 2.06. The molecule has 3 nitrogen and oxygen atoms in total. The number of aryl methyl sites for hydroxylation is 1. The van der Waals surface area contributed by atoms with Gasteiger partial charge in [-0.1, -0.05) is 36.7 Å². The summed E-state index contributed by atoms with van der Waals surface area (Å²) in [6, 6.07) is 9.77. The highest BCUT2D eigenvalue weighted by molar-refractivity contribution is 6.31.